The largest absolute Gasteiger partial charge is 0.493 e. The molecule has 0 spiro atoms. The SMILES string of the molecule is COc1cc(NS(=O)(=O)c2cc(Cl)c(C)c([N+](=O)[O-])c2)c(C(=O)O)cc1OC(F)F. The van der Waals surface area contributed by atoms with Crippen LogP contribution >= 0.6 is 11.6 Å². The lowest BCUT2D eigenvalue weighted by Gasteiger charge is -2.16. The summed E-state index contributed by atoms with van der Waals surface area (Å²) in [5.41, 5.74) is -1.83. The Balaban J connectivity index is 2.60. The van der Waals surface area contributed by atoms with Crippen LogP contribution in [0, 0.1) is 17.0 Å². The number of anilines is 1. The van der Waals surface area contributed by atoms with Crippen LogP contribution in [-0.2, 0) is 10.0 Å². The Morgan fingerprint density at radius 3 is 2.40 bits per heavy atom. The summed E-state index contributed by atoms with van der Waals surface area (Å²) < 4.78 is 61.4. The summed E-state index contributed by atoms with van der Waals surface area (Å²) in [4.78, 5) is 21.2. The Kier molecular flexibility index (Phi) is 6.67. The van der Waals surface area contributed by atoms with Gasteiger partial charge in [-0.25, -0.2) is 13.2 Å². The number of benzene rings is 2. The molecular weight excluding hydrogens is 454 g/mol. The molecule has 0 unspecified atom stereocenters. The summed E-state index contributed by atoms with van der Waals surface area (Å²) in [7, 11) is -3.51. The molecule has 10 nitrogen and oxygen atoms in total. The summed E-state index contributed by atoms with van der Waals surface area (Å²) in [6, 6.07) is 3.16. The lowest BCUT2D eigenvalue weighted by Crippen LogP contribution is -2.17. The smallest absolute Gasteiger partial charge is 0.387 e. The van der Waals surface area contributed by atoms with Gasteiger partial charge in [0.1, 0.15) is 0 Å². The molecule has 14 heteroatoms. The van der Waals surface area contributed by atoms with Gasteiger partial charge in [0.25, 0.3) is 15.7 Å². The molecule has 0 aliphatic rings. The van der Waals surface area contributed by atoms with E-state index < -0.39 is 55.1 Å². The molecule has 0 aromatic heterocycles. The first-order chi connectivity index (χ1) is 13.9. The van der Waals surface area contributed by atoms with E-state index in [1.54, 1.807) is 0 Å². The highest BCUT2D eigenvalue weighted by Gasteiger charge is 2.26. The molecule has 0 radical (unpaired) electrons. The minimum atomic E-state index is -4.57. The van der Waals surface area contributed by atoms with Gasteiger partial charge in [0.2, 0.25) is 0 Å². The van der Waals surface area contributed by atoms with Gasteiger partial charge in [-0.05, 0) is 13.0 Å². The number of nitro benzene ring substituents is 1. The van der Waals surface area contributed by atoms with E-state index in [0.29, 0.717) is 6.07 Å². The molecule has 0 heterocycles. The first-order valence-electron chi connectivity index (χ1n) is 7.75. The molecule has 0 saturated heterocycles. The van der Waals surface area contributed by atoms with Crippen molar-refractivity contribution in [3.05, 3.63) is 50.5 Å². The molecule has 0 saturated carbocycles. The van der Waals surface area contributed by atoms with E-state index in [1.165, 1.54) is 6.92 Å². The Morgan fingerprint density at radius 2 is 1.90 bits per heavy atom. The highest BCUT2D eigenvalue weighted by molar-refractivity contribution is 7.92. The fraction of sp³-hybridized carbons (Fsp3) is 0.188. The number of carboxylic acid groups (broad SMARTS) is 1. The fourth-order valence-corrected chi connectivity index (χ4v) is 3.75. The molecule has 0 aliphatic heterocycles. The summed E-state index contributed by atoms with van der Waals surface area (Å²) in [5.74, 6) is -2.69. The number of aromatic carboxylic acids is 1. The van der Waals surface area contributed by atoms with Gasteiger partial charge < -0.3 is 14.6 Å². The van der Waals surface area contributed by atoms with Gasteiger partial charge in [0, 0.05) is 23.8 Å². The van der Waals surface area contributed by atoms with Crippen molar-refractivity contribution < 1.29 is 41.5 Å². The minimum absolute atomic E-state index is 0.0296. The van der Waals surface area contributed by atoms with Crippen molar-refractivity contribution in [3.8, 4) is 11.5 Å². The maximum absolute atomic E-state index is 12.7. The molecule has 2 aromatic rings. The van der Waals surface area contributed by atoms with Crippen molar-refractivity contribution in [2.75, 3.05) is 11.8 Å². The van der Waals surface area contributed by atoms with Crippen molar-refractivity contribution in [3.63, 3.8) is 0 Å². The van der Waals surface area contributed by atoms with Crippen molar-refractivity contribution in [2.24, 2.45) is 0 Å². The topological polar surface area (TPSA) is 145 Å². The molecule has 0 bridgehead atoms. The van der Waals surface area contributed by atoms with E-state index in [0.717, 1.165) is 25.3 Å². The number of carboxylic acids is 1. The molecule has 30 heavy (non-hydrogen) atoms. The molecular formula is C16H13ClF2N2O8S. The number of alkyl halides is 2. The fourth-order valence-electron chi connectivity index (χ4n) is 2.36. The van der Waals surface area contributed by atoms with E-state index in [9.17, 15) is 37.2 Å². The molecule has 2 N–H and O–H groups in total. The number of nitrogens with one attached hydrogen (secondary N) is 1. The number of hydrogen-bond donors (Lipinski definition) is 2. The average Bonchev–Trinajstić information content (AvgIpc) is 2.63. The summed E-state index contributed by atoms with van der Waals surface area (Å²) in [6.07, 6.45) is 0. The van der Waals surface area contributed by atoms with Crippen LogP contribution in [-0.4, -0.2) is 38.1 Å². The third kappa shape index (κ3) is 4.86. The van der Waals surface area contributed by atoms with Crippen LogP contribution in [0.4, 0.5) is 20.2 Å². The van der Waals surface area contributed by atoms with Crippen LogP contribution in [0.5, 0.6) is 11.5 Å². The standard InChI is InChI=1S/C16H13ClF2N2O8S/c1-7-10(17)3-8(4-12(7)21(24)25)30(26,27)20-11-6-13(28-2)14(29-16(18)19)5-9(11)15(22)23/h3-6,16,20H,1-2H3,(H,22,23). The highest BCUT2D eigenvalue weighted by atomic mass is 35.5. The predicted octanol–water partition coefficient (Wildman–Crippen LogP) is 3.67. The van der Waals surface area contributed by atoms with Gasteiger partial charge in [0.15, 0.2) is 11.5 Å². The quantitative estimate of drug-likeness (QED) is 0.442. The van der Waals surface area contributed by atoms with Crippen LogP contribution in [0.15, 0.2) is 29.2 Å². The minimum Gasteiger partial charge on any atom is -0.493 e. The monoisotopic (exact) mass is 466 g/mol. The number of hydrogen-bond acceptors (Lipinski definition) is 7. The first kappa shape index (κ1) is 23.1. The number of halogens is 3. The van der Waals surface area contributed by atoms with Crippen LogP contribution in [0.1, 0.15) is 15.9 Å². The van der Waals surface area contributed by atoms with Crippen molar-refractivity contribution in [1.82, 2.24) is 0 Å². The summed E-state index contributed by atoms with van der Waals surface area (Å²) in [6.45, 7) is -1.97. The second-order valence-corrected chi connectivity index (χ2v) is 7.73. The number of rotatable bonds is 8. The molecule has 162 valence electrons. The summed E-state index contributed by atoms with van der Waals surface area (Å²) >= 11 is 5.87. The van der Waals surface area contributed by atoms with Crippen LogP contribution in [0.25, 0.3) is 0 Å². The molecule has 0 aliphatic carbocycles. The normalized spacial score (nSPS) is 11.3. The van der Waals surface area contributed by atoms with E-state index >= 15 is 0 Å². The van der Waals surface area contributed by atoms with Crippen molar-refractivity contribution >= 4 is 39.0 Å². The molecule has 0 amide bonds. The number of nitro groups is 1. The van der Waals surface area contributed by atoms with E-state index in [2.05, 4.69) is 4.74 Å². The summed E-state index contributed by atoms with van der Waals surface area (Å²) in [5, 5.41) is 20.2. The van der Waals surface area contributed by atoms with Gasteiger partial charge in [0.05, 0.1) is 33.2 Å². The second-order valence-electron chi connectivity index (χ2n) is 5.64. The Labute approximate surface area is 173 Å². The van der Waals surface area contributed by atoms with Gasteiger partial charge in [-0.15, -0.1) is 0 Å². The number of carbonyl (C=O) groups is 1. The number of sulfonamides is 1. The van der Waals surface area contributed by atoms with Crippen molar-refractivity contribution in [2.45, 2.75) is 18.4 Å². The van der Waals surface area contributed by atoms with E-state index in [4.69, 9.17) is 16.3 Å². The average molecular weight is 467 g/mol. The lowest BCUT2D eigenvalue weighted by molar-refractivity contribution is -0.385. The Bertz CT molecular complexity index is 1120. The zero-order chi connectivity index (χ0) is 22.8. The highest BCUT2D eigenvalue weighted by Crippen LogP contribution is 2.36. The molecule has 2 rings (SSSR count). The molecule has 2 aromatic carbocycles. The van der Waals surface area contributed by atoms with Gasteiger partial charge in [-0.1, -0.05) is 11.6 Å². The zero-order valence-corrected chi connectivity index (χ0v) is 16.8. The molecule has 0 atom stereocenters. The number of nitrogens with zero attached hydrogens (tertiary/aromatic N) is 1. The number of ether oxygens (including phenoxy) is 2. The Morgan fingerprint density at radius 1 is 1.27 bits per heavy atom. The second kappa shape index (κ2) is 8.67. The van der Waals surface area contributed by atoms with Gasteiger partial charge >= 0.3 is 12.6 Å². The van der Waals surface area contributed by atoms with E-state index in [1.807, 2.05) is 4.72 Å². The number of methoxy groups -OCH3 is 1. The van der Waals surface area contributed by atoms with Crippen LogP contribution in [0.2, 0.25) is 5.02 Å². The van der Waals surface area contributed by atoms with Crippen LogP contribution in [0.3, 0.4) is 0 Å². The maximum Gasteiger partial charge on any atom is 0.387 e. The van der Waals surface area contributed by atoms with Crippen LogP contribution < -0.4 is 14.2 Å². The third-order valence-electron chi connectivity index (χ3n) is 3.79. The first-order valence-corrected chi connectivity index (χ1v) is 9.61. The van der Waals surface area contributed by atoms with Gasteiger partial charge in [-0.2, -0.15) is 8.78 Å². The predicted molar refractivity (Wildman–Crippen MR) is 100 cm³/mol. The van der Waals surface area contributed by atoms with Crippen molar-refractivity contribution in [1.29, 1.82) is 0 Å². The Hall–Kier alpha value is -3.19. The maximum atomic E-state index is 12.7. The van der Waals surface area contributed by atoms with Gasteiger partial charge in [-0.3, -0.25) is 14.8 Å². The third-order valence-corrected chi connectivity index (χ3v) is 5.53. The molecule has 0 fully saturated rings. The lowest BCUT2D eigenvalue weighted by atomic mass is 10.1. The zero-order valence-electron chi connectivity index (χ0n) is 15.2. The van der Waals surface area contributed by atoms with E-state index in [-0.39, 0.29) is 16.3 Å².